The molecule has 0 aliphatic carbocycles. The van der Waals surface area contributed by atoms with E-state index in [-0.39, 0.29) is 18.0 Å². The highest BCUT2D eigenvalue weighted by molar-refractivity contribution is 5.98. The lowest BCUT2D eigenvalue weighted by Crippen LogP contribution is -2.05. The van der Waals surface area contributed by atoms with Crippen molar-refractivity contribution in [2.45, 2.75) is 13.3 Å². The van der Waals surface area contributed by atoms with Gasteiger partial charge in [0.25, 0.3) is 0 Å². The lowest BCUT2D eigenvalue weighted by atomic mass is 10.0. The number of fused-ring (bicyclic) bond motifs is 1. The third kappa shape index (κ3) is 3.36. The lowest BCUT2D eigenvalue weighted by molar-refractivity contribution is 0.0992. The summed E-state index contributed by atoms with van der Waals surface area (Å²) < 4.78 is 28.2. The van der Waals surface area contributed by atoms with E-state index in [0.717, 1.165) is 28.0 Å². The van der Waals surface area contributed by atoms with Crippen LogP contribution in [0.25, 0.3) is 22.2 Å². The zero-order valence-corrected chi connectivity index (χ0v) is 15.5. The first-order valence-electron chi connectivity index (χ1n) is 10.3. The van der Waals surface area contributed by atoms with Crippen molar-refractivity contribution in [2.75, 3.05) is 7.04 Å². The first kappa shape index (κ1) is 14.5. The first-order chi connectivity index (χ1) is 14.7. The molecule has 0 aliphatic heterocycles. The number of carbonyl (C=O) groups excluding carboxylic acids is 1. The van der Waals surface area contributed by atoms with Gasteiger partial charge in [0.05, 0.1) is 35.2 Å². The Morgan fingerprint density at radius 3 is 2.57 bits per heavy atom. The maximum Gasteiger partial charge on any atom is 0.168 e. The number of ketones is 1. The SMILES string of the molecule is [2H]C([2H])([2H])Oc1ccc(C(=O)Cc2cc3cc(-c4cnc(C)n4C)ncc3cn2)cc1. The number of hydrogen-bond donors (Lipinski definition) is 0. The maximum atomic E-state index is 12.7. The molecule has 0 spiro atoms. The minimum absolute atomic E-state index is 0.121. The summed E-state index contributed by atoms with van der Waals surface area (Å²) in [5, 5.41) is 1.81. The quantitative estimate of drug-likeness (QED) is 0.497. The van der Waals surface area contributed by atoms with Gasteiger partial charge in [-0.05, 0) is 48.7 Å². The van der Waals surface area contributed by atoms with Crippen LogP contribution in [0.1, 0.15) is 26.0 Å². The van der Waals surface area contributed by atoms with Crippen LogP contribution in [0.5, 0.6) is 5.75 Å². The molecule has 0 saturated heterocycles. The van der Waals surface area contributed by atoms with Crippen LogP contribution in [0.15, 0.2) is 55.0 Å². The lowest BCUT2D eigenvalue weighted by Gasteiger charge is -2.07. The highest BCUT2D eigenvalue weighted by atomic mass is 16.5. The minimum Gasteiger partial charge on any atom is -0.497 e. The number of carbonyl (C=O) groups is 1. The van der Waals surface area contributed by atoms with Gasteiger partial charge in [-0.1, -0.05) is 0 Å². The number of pyridine rings is 2. The zero-order valence-electron chi connectivity index (χ0n) is 18.5. The van der Waals surface area contributed by atoms with Crippen LogP contribution in [-0.2, 0) is 13.5 Å². The Morgan fingerprint density at radius 2 is 1.86 bits per heavy atom. The molecule has 0 atom stereocenters. The van der Waals surface area contributed by atoms with Crippen molar-refractivity contribution in [3.63, 3.8) is 0 Å². The summed E-state index contributed by atoms with van der Waals surface area (Å²) in [6.07, 6.45) is 5.37. The Bertz CT molecular complexity index is 1260. The molecular weight excluding hydrogens is 352 g/mol. The molecule has 0 bridgehead atoms. The monoisotopic (exact) mass is 375 g/mol. The second kappa shape index (κ2) is 7.23. The maximum absolute atomic E-state index is 12.7. The van der Waals surface area contributed by atoms with Gasteiger partial charge in [-0.25, -0.2) is 4.98 Å². The van der Waals surface area contributed by atoms with Crippen LogP contribution < -0.4 is 4.74 Å². The fraction of sp³-hybridized carbons (Fsp3) is 0.182. The summed E-state index contributed by atoms with van der Waals surface area (Å²) in [5.74, 6) is 0.961. The number of hydrogen-bond acceptors (Lipinski definition) is 5. The van der Waals surface area contributed by atoms with Gasteiger partial charge in [-0.15, -0.1) is 0 Å². The second-order valence-electron chi connectivity index (χ2n) is 6.57. The van der Waals surface area contributed by atoms with Gasteiger partial charge in [0.2, 0.25) is 0 Å². The standard InChI is InChI=1S/C22H20N4O2/c1-14-23-13-21(26(14)2)20-9-16-8-18(24-11-17(16)12-25-20)10-22(27)15-4-6-19(28-3)7-5-15/h4-9,11-13H,10H2,1-3H3/i3D3. The molecule has 28 heavy (non-hydrogen) atoms. The van der Waals surface area contributed by atoms with E-state index in [2.05, 4.69) is 15.0 Å². The van der Waals surface area contributed by atoms with Crippen LogP contribution in [0, 0.1) is 6.92 Å². The molecule has 0 radical (unpaired) electrons. The van der Waals surface area contributed by atoms with Gasteiger partial charge >= 0.3 is 0 Å². The number of aromatic nitrogens is 4. The Labute approximate surface area is 167 Å². The van der Waals surface area contributed by atoms with E-state index in [1.807, 2.05) is 30.7 Å². The van der Waals surface area contributed by atoms with E-state index in [0.29, 0.717) is 11.3 Å². The third-order valence-corrected chi connectivity index (χ3v) is 4.78. The number of ether oxygens (including phenoxy) is 1. The molecule has 0 unspecified atom stereocenters. The molecular formula is C22H20N4O2. The topological polar surface area (TPSA) is 69.9 Å². The van der Waals surface area contributed by atoms with Crippen LogP contribution in [-0.4, -0.2) is 32.3 Å². The number of rotatable bonds is 5. The van der Waals surface area contributed by atoms with Gasteiger partial charge in [0.15, 0.2) is 5.78 Å². The molecule has 0 saturated carbocycles. The smallest absolute Gasteiger partial charge is 0.168 e. The number of nitrogens with zero attached hydrogens (tertiary/aromatic N) is 4. The van der Waals surface area contributed by atoms with Gasteiger partial charge in [0, 0.05) is 36.1 Å². The van der Waals surface area contributed by atoms with Crippen molar-refractivity contribution in [1.29, 1.82) is 0 Å². The van der Waals surface area contributed by atoms with Crippen molar-refractivity contribution in [1.82, 2.24) is 19.5 Å². The van der Waals surface area contributed by atoms with E-state index >= 15 is 0 Å². The fourth-order valence-electron chi connectivity index (χ4n) is 3.04. The molecule has 4 aromatic rings. The molecule has 0 N–H and O–H groups in total. The first-order valence-corrected chi connectivity index (χ1v) is 8.75. The number of benzene rings is 1. The zero-order chi connectivity index (χ0) is 22.2. The molecule has 1 aromatic carbocycles. The highest BCUT2D eigenvalue weighted by Gasteiger charge is 2.11. The van der Waals surface area contributed by atoms with Crippen LogP contribution >= 0.6 is 0 Å². The Morgan fingerprint density at radius 1 is 1.07 bits per heavy atom. The van der Waals surface area contributed by atoms with Crippen LogP contribution in [0.3, 0.4) is 0 Å². The predicted octanol–water partition coefficient (Wildman–Crippen LogP) is 3.77. The third-order valence-electron chi connectivity index (χ3n) is 4.78. The normalized spacial score (nSPS) is 13.0. The second-order valence-corrected chi connectivity index (χ2v) is 6.57. The average Bonchev–Trinajstić information content (AvgIpc) is 3.05. The number of aryl methyl sites for hydroxylation is 1. The summed E-state index contributed by atoms with van der Waals surface area (Å²) in [4.78, 5) is 25.9. The summed E-state index contributed by atoms with van der Waals surface area (Å²) in [6.45, 7) is 1.93. The van der Waals surface area contributed by atoms with E-state index in [1.54, 1.807) is 30.7 Å². The van der Waals surface area contributed by atoms with E-state index in [9.17, 15) is 4.79 Å². The average molecular weight is 375 g/mol. The van der Waals surface area contributed by atoms with Gasteiger partial charge in [-0.3, -0.25) is 14.8 Å². The minimum atomic E-state index is -2.53. The number of methoxy groups -OCH3 is 1. The fourth-order valence-corrected chi connectivity index (χ4v) is 3.04. The van der Waals surface area contributed by atoms with Crippen LogP contribution in [0.2, 0.25) is 0 Å². The molecule has 3 heterocycles. The molecule has 4 rings (SSSR count). The summed E-state index contributed by atoms with van der Waals surface area (Å²) in [5.41, 5.74) is 2.80. The van der Waals surface area contributed by atoms with Crippen molar-refractivity contribution in [3.05, 3.63) is 72.1 Å². The van der Waals surface area contributed by atoms with Gasteiger partial charge < -0.3 is 9.30 Å². The molecule has 140 valence electrons. The summed E-state index contributed by atoms with van der Waals surface area (Å²) in [7, 11) is -0.586. The Balaban J connectivity index is 1.55. The van der Waals surface area contributed by atoms with Gasteiger partial charge in [-0.2, -0.15) is 0 Å². The van der Waals surface area contributed by atoms with Crippen LogP contribution in [0.4, 0.5) is 0 Å². The molecule has 0 amide bonds. The predicted molar refractivity (Wildman–Crippen MR) is 108 cm³/mol. The van der Waals surface area contributed by atoms with E-state index in [1.165, 1.54) is 12.1 Å². The van der Waals surface area contributed by atoms with Crippen molar-refractivity contribution in [3.8, 4) is 17.1 Å². The molecule has 0 fully saturated rings. The molecule has 3 aromatic heterocycles. The van der Waals surface area contributed by atoms with E-state index in [4.69, 9.17) is 8.85 Å². The largest absolute Gasteiger partial charge is 0.497 e. The Hall–Kier alpha value is -3.54. The van der Waals surface area contributed by atoms with Crippen molar-refractivity contribution < 1.29 is 13.6 Å². The van der Waals surface area contributed by atoms with Crippen molar-refractivity contribution >= 4 is 16.6 Å². The summed E-state index contributed by atoms with van der Waals surface area (Å²) in [6, 6.07) is 9.90. The summed E-state index contributed by atoms with van der Waals surface area (Å²) >= 11 is 0. The highest BCUT2D eigenvalue weighted by Crippen LogP contribution is 2.23. The van der Waals surface area contributed by atoms with Crippen molar-refractivity contribution in [2.24, 2.45) is 7.05 Å². The number of Topliss-reactive ketones (excluding diaryl/α,β-unsaturated/α-hetero) is 1. The molecule has 6 nitrogen and oxygen atoms in total. The number of imidazole rings is 1. The van der Waals surface area contributed by atoms with Gasteiger partial charge in [0.1, 0.15) is 11.6 Å². The van der Waals surface area contributed by atoms with E-state index < -0.39 is 7.04 Å². The molecule has 0 aliphatic rings. The molecule has 6 heteroatoms. The Kier molecular flexibility index (Phi) is 3.75.